The minimum atomic E-state index is -5.39. The van der Waals surface area contributed by atoms with Gasteiger partial charge in [-0.15, -0.1) is 0 Å². The van der Waals surface area contributed by atoms with Crippen molar-refractivity contribution in [2.24, 2.45) is 0 Å². The van der Waals surface area contributed by atoms with E-state index in [1.807, 2.05) is 0 Å². The third-order valence-corrected chi connectivity index (χ3v) is 6.27. The zero-order chi connectivity index (χ0) is 27.5. The molecule has 0 aromatic carbocycles. The number of carboxylic acid groups (broad SMARTS) is 1. The van der Waals surface area contributed by atoms with Crippen LogP contribution in [0.4, 0.5) is 0 Å². The summed E-state index contributed by atoms with van der Waals surface area (Å²) in [5, 5.41) is 9.53. The van der Waals surface area contributed by atoms with Crippen LogP contribution in [0.5, 0.6) is 0 Å². The third-order valence-electron chi connectivity index (χ3n) is 4.88. The average molecular weight is 593 g/mol. The van der Waals surface area contributed by atoms with Crippen LogP contribution in [0.15, 0.2) is 0 Å². The molecule has 0 saturated carbocycles. The topological polar surface area (TPSA) is 274 Å². The van der Waals surface area contributed by atoms with Gasteiger partial charge in [-0.1, -0.05) is 0 Å². The van der Waals surface area contributed by atoms with Gasteiger partial charge in [-0.05, 0) is 0 Å². The summed E-state index contributed by atoms with van der Waals surface area (Å²) in [4.78, 5) is 11.7. The number of methoxy groups -OCH3 is 2. The fourth-order valence-corrected chi connectivity index (χ4v) is 4.86. The van der Waals surface area contributed by atoms with E-state index in [1.165, 1.54) is 7.11 Å². The Morgan fingerprint density at radius 2 is 1.47 bits per heavy atom. The van der Waals surface area contributed by atoms with Crippen molar-refractivity contribution in [2.75, 3.05) is 27.4 Å². The van der Waals surface area contributed by atoms with Crippen molar-refractivity contribution < 1.29 is 85.0 Å². The SMILES string of the molecule is COC1COC(C(=O)O)[C@H](O[C@@H]2OC(COS(=O)(=O)O)CC(OS(=O)(=O)O)C2OS(=O)(=O)O)C1OC. The first-order chi connectivity index (χ1) is 16.4. The Labute approximate surface area is 205 Å². The monoisotopic (exact) mass is 592 g/mol. The van der Waals surface area contributed by atoms with Crippen LogP contribution in [-0.4, -0.2) is 126 Å². The summed E-state index contributed by atoms with van der Waals surface area (Å²) in [5.41, 5.74) is 0. The molecule has 2 fully saturated rings. The first kappa shape index (κ1) is 31.1. The smallest absolute Gasteiger partial charge is 0.397 e. The van der Waals surface area contributed by atoms with Crippen LogP contribution in [-0.2, 0) is 72.2 Å². The lowest BCUT2D eigenvalue weighted by Crippen LogP contribution is -2.62. The number of hydrogen-bond acceptors (Lipinski definition) is 15. The second-order valence-electron chi connectivity index (χ2n) is 7.29. The molecule has 4 N–H and O–H groups in total. The van der Waals surface area contributed by atoms with Crippen molar-refractivity contribution in [1.82, 2.24) is 0 Å². The summed E-state index contributed by atoms with van der Waals surface area (Å²) in [6.45, 7) is -1.29. The van der Waals surface area contributed by atoms with Crippen LogP contribution in [0.3, 0.4) is 0 Å². The van der Waals surface area contributed by atoms with Crippen molar-refractivity contribution in [2.45, 2.75) is 55.4 Å². The van der Waals surface area contributed by atoms with E-state index in [0.717, 1.165) is 7.11 Å². The zero-order valence-electron chi connectivity index (χ0n) is 18.4. The molecule has 0 spiro atoms. The second-order valence-corrected chi connectivity index (χ2v) is 10.5. The van der Waals surface area contributed by atoms with Gasteiger partial charge in [0, 0.05) is 20.6 Å². The molecular weight excluding hydrogens is 568 g/mol. The molecule has 212 valence electrons. The molecule has 0 aromatic heterocycles. The quantitative estimate of drug-likeness (QED) is 0.166. The Bertz CT molecular complexity index is 1070. The van der Waals surface area contributed by atoms with E-state index >= 15 is 0 Å². The van der Waals surface area contributed by atoms with Gasteiger partial charge in [0.25, 0.3) is 0 Å². The number of ether oxygens (including phenoxy) is 5. The highest BCUT2D eigenvalue weighted by molar-refractivity contribution is 7.81. The molecule has 2 heterocycles. The summed E-state index contributed by atoms with van der Waals surface area (Å²) in [6, 6.07) is 0. The van der Waals surface area contributed by atoms with Crippen LogP contribution in [0.2, 0.25) is 0 Å². The molecule has 0 aromatic rings. The van der Waals surface area contributed by atoms with Crippen LogP contribution in [0.25, 0.3) is 0 Å². The van der Waals surface area contributed by atoms with Gasteiger partial charge in [-0.3, -0.25) is 13.7 Å². The fraction of sp³-hybridized carbons (Fsp3) is 0.929. The van der Waals surface area contributed by atoms with Gasteiger partial charge >= 0.3 is 37.2 Å². The van der Waals surface area contributed by atoms with Crippen LogP contribution in [0, 0.1) is 0 Å². The summed E-state index contributed by atoms with van der Waals surface area (Å²) < 4.78 is 134. The minimum absolute atomic E-state index is 0.276. The molecule has 22 heteroatoms. The third kappa shape index (κ3) is 9.32. The van der Waals surface area contributed by atoms with Gasteiger partial charge in [-0.25, -0.2) is 17.3 Å². The lowest BCUT2D eigenvalue weighted by atomic mass is 9.98. The molecule has 2 aliphatic heterocycles. The van der Waals surface area contributed by atoms with E-state index in [0.29, 0.717) is 0 Å². The highest BCUT2D eigenvalue weighted by atomic mass is 32.3. The van der Waals surface area contributed by atoms with Crippen molar-refractivity contribution in [3.63, 3.8) is 0 Å². The predicted molar refractivity (Wildman–Crippen MR) is 107 cm³/mol. The molecule has 8 atom stereocenters. The molecule has 2 rings (SSSR count). The number of carbonyl (C=O) groups is 1. The van der Waals surface area contributed by atoms with Gasteiger partial charge in [0.05, 0.1) is 19.3 Å². The lowest BCUT2D eigenvalue weighted by Gasteiger charge is -2.44. The largest absolute Gasteiger partial charge is 0.479 e. The van der Waals surface area contributed by atoms with E-state index in [1.54, 1.807) is 0 Å². The number of hydrogen-bond donors (Lipinski definition) is 4. The van der Waals surface area contributed by atoms with Gasteiger partial charge in [0.2, 0.25) is 0 Å². The van der Waals surface area contributed by atoms with E-state index in [4.69, 9.17) is 32.8 Å². The fourth-order valence-electron chi connectivity index (χ4n) is 3.54. The van der Waals surface area contributed by atoms with Crippen molar-refractivity contribution in [3.05, 3.63) is 0 Å². The minimum Gasteiger partial charge on any atom is -0.479 e. The molecule has 0 bridgehead atoms. The maximum Gasteiger partial charge on any atom is 0.397 e. The van der Waals surface area contributed by atoms with Gasteiger partial charge in [0.1, 0.15) is 24.4 Å². The van der Waals surface area contributed by atoms with Crippen LogP contribution < -0.4 is 0 Å². The molecule has 6 unspecified atom stereocenters. The molecule has 2 saturated heterocycles. The summed E-state index contributed by atoms with van der Waals surface area (Å²) >= 11 is 0. The average Bonchev–Trinajstić information content (AvgIpc) is 2.71. The Morgan fingerprint density at radius 1 is 0.861 bits per heavy atom. The first-order valence-electron chi connectivity index (χ1n) is 9.58. The normalized spacial score (nSPS) is 34.4. The van der Waals surface area contributed by atoms with E-state index < -0.39 is 99.2 Å². The maximum atomic E-state index is 11.7. The Kier molecular flexibility index (Phi) is 10.5. The van der Waals surface area contributed by atoms with Crippen molar-refractivity contribution >= 4 is 37.2 Å². The number of carboxylic acids is 1. The molecule has 19 nitrogen and oxygen atoms in total. The molecular formula is C14H24O19S3. The Morgan fingerprint density at radius 3 is 1.94 bits per heavy atom. The number of rotatable bonds is 12. The molecule has 2 aliphatic rings. The molecule has 36 heavy (non-hydrogen) atoms. The van der Waals surface area contributed by atoms with Gasteiger partial charge in [-0.2, -0.15) is 25.3 Å². The van der Waals surface area contributed by atoms with Gasteiger partial charge in [0.15, 0.2) is 18.5 Å². The van der Waals surface area contributed by atoms with Crippen molar-refractivity contribution in [1.29, 1.82) is 0 Å². The highest BCUT2D eigenvalue weighted by Crippen LogP contribution is 2.32. The van der Waals surface area contributed by atoms with E-state index in [-0.39, 0.29) is 6.61 Å². The van der Waals surface area contributed by atoms with Crippen LogP contribution >= 0.6 is 0 Å². The van der Waals surface area contributed by atoms with Gasteiger partial charge < -0.3 is 28.8 Å². The second kappa shape index (κ2) is 12.2. The van der Waals surface area contributed by atoms with E-state index in [2.05, 4.69) is 12.5 Å². The highest BCUT2D eigenvalue weighted by Gasteiger charge is 2.52. The standard InChI is InChI=1S/C14H24O19S3/c1-26-8-5-28-12(13(15)16)11(9(8)27-2)31-14-10(33-36(23,24)25)7(32-35(20,21)22)3-6(30-14)4-29-34(17,18)19/h6-12,14H,3-5H2,1-2H3,(H,15,16)(H,17,18,19)(H,20,21,22)(H,23,24,25)/t6?,7?,8?,9?,10?,11-,12?,14+/m1/s1. The predicted octanol–water partition coefficient (Wildman–Crippen LogP) is -2.80. The molecule has 0 aliphatic carbocycles. The Hall–Kier alpha value is -1.12. The summed E-state index contributed by atoms with van der Waals surface area (Å²) in [5.74, 6) is -1.57. The van der Waals surface area contributed by atoms with Crippen LogP contribution in [0.1, 0.15) is 6.42 Å². The molecule has 0 amide bonds. The lowest BCUT2D eigenvalue weighted by molar-refractivity contribution is -0.312. The number of aliphatic carboxylic acids is 1. The molecule has 0 radical (unpaired) electrons. The van der Waals surface area contributed by atoms with Crippen molar-refractivity contribution in [3.8, 4) is 0 Å². The summed E-state index contributed by atoms with van der Waals surface area (Å²) in [6.07, 6.45) is -14.4. The van der Waals surface area contributed by atoms with E-state index in [9.17, 15) is 39.7 Å². The first-order valence-corrected chi connectivity index (χ1v) is 13.7. The Balaban J connectivity index is 2.49. The zero-order valence-corrected chi connectivity index (χ0v) is 20.8. The summed E-state index contributed by atoms with van der Waals surface area (Å²) in [7, 11) is -13.4. The maximum absolute atomic E-state index is 11.7.